The Morgan fingerprint density at radius 3 is 2.55 bits per heavy atom. The first-order valence-electron chi connectivity index (χ1n) is 7.21. The molecule has 0 aromatic heterocycles. The molecule has 5 heteroatoms. The molecule has 0 atom stereocenters. The molecule has 2 aromatic rings. The van der Waals surface area contributed by atoms with Gasteiger partial charge < -0.3 is 4.74 Å². The third kappa shape index (κ3) is 2.25. The Morgan fingerprint density at radius 2 is 1.82 bits per heavy atom. The normalized spacial score (nSPS) is 14.0. The summed E-state index contributed by atoms with van der Waals surface area (Å²) < 4.78 is 32.9. The summed E-state index contributed by atoms with van der Waals surface area (Å²) in [4.78, 5) is 0.312. The van der Waals surface area contributed by atoms with Crippen molar-refractivity contribution in [2.75, 3.05) is 18.0 Å². The Bertz CT molecular complexity index is 828. The quantitative estimate of drug-likeness (QED) is 0.874. The van der Waals surface area contributed by atoms with E-state index in [1.165, 1.54) is 4.31 Å². The van der Waals surface area contributed by atoms with Gasteiger partial charge in [0.1, 0.15) is 5.75 Å². The molecule has 116 valence electrons. The van der Waals surface area contributed by atoms with Crippen LogP contribution in [0.4, 0.5) is 5.69 Å². The Hall–Kier alpha value is -2.01. The van der Waals surface area contributed by atoms with Gasteiger partial charge in [-0.25, -0.2) is 8.42 Å². The lowest BCUT2D eigenvalue weighted by atomic mass is 10.1. The number of fused-ring (bicyclic) bond motifs is 1. The summed E-state index contributed by atoms with van der Waals surface area (Å²) in [6.45, 7) is 4.21. The monoisotopic (exact) mass is 317 g/mol. The van der Waals surface area contributed by atoms with E-state index in [1.807, 2.05) is 44.2 Å². The highest BCUT2D eigenvalue weighted by Crippen LogP contribution is 2.35. The number of rotatable bonds is 3. The SMILES string of the molecule is COc1cc(S(=O)(=O)N2CCc3ccccc32)c(C)cc1C. The van der Waals surface area contributed by atoms with Gasteiger partial charge in [0, 0.05) is 12.6 Å². The minimum absolute atomic E-state index is 0.312. The van der Waals surface area contributed by atoms with Crippen LogP contribution >= 0.6 is 0 Å². The lowest BCUT2D eigenvalue weighted by Crippen LogP contribution is -2.29. The number of ether oxygens (including phenoxy) is 1. The van der Waals surface area contributed by atoms with E-state index >= 15 is 0 Å². The molecule has 0 N–H and O–H groups in total. The maximum atomic E-state index is 13.1. The molecular weight excluding hydrogens is 298 g/mol. The van der Waals surface area contributed by atoms with Crippen LogP contribution in [-0.2, 0) is 16.4 Å². The van der Waals surface area contributed by atoms with Gasteiger partial charge in [-0.2, -0.15) is 0 Å². The molecule has 0 amide bonds. The topological polar surface area (TPSA) is 46.6 Å². The standard InChI is InChI=1S/C17H19NO3S/c1-12-10-13(2)17(11-16(12)21-3)22(19,20)18-9-8-14-6-4-5-7-15(14)18/h4-7,10-11H,8-9H2,1-3H3. The summed E-state index contributed by atoms with van der Waals surface area (Å²) in [6, 6.07) is 11.1. The minimum Gasteiger partial charge on any atom is -0.496 e. The van der Waals surface area contributed by atoms with Crippen molar-refractivity contribution >= 4 is 15.7 Å². The highest BCUT2D eigenvalue weighted by Gasteiger charge is 2.32. The first-order valence-corrected chi connectivity index (χ1v) is 8.65. The zero-order valence-electron chi connectivity index (χ0n) is 13.0. The van der Waals surface area contributed by atoms with Crippen LogP contribution in [0.15, 0.2) is 41.3 Å². The second-order valence-corrected chi connectivity index (χ2v) is 7.37. The number of benzene rings is 2. The first-order chi connectivity index (χ1) is 10.4. The summed E-state index contributed by atoms with van der Waals surface area (Å²) in [6.07, 6.45) is 0.747. The number of hydrogen-bond acceptors (Lipinski definition) is 3. The fraction of sp³-hybridized carbons (Fsp3) is 0.294. The van der Waals surface area contributed by atoms with E-state index in [-0.39, 0.29) is 0 Å². The zero-order chi connectivity index (χ0) is 15.9. The van der Waals surface area contributed by atoms with Crippen molar-refractivity contribution in [3.8, 4) is 5.75 Å². The molecule has 0 aliphatic carbocycles. The van der Waals surface area contributed by atoms with Crippen molar-refractivity contribution in [3.05, 3.63) is 53.1 Å². The lowest BCUT2D eigenvalue weighted by molar-refractivity contribution is 0.410. The van der Waals surface area contributed by atoms with E-state index in [9.17, 15) is 8.42 Å². The second kappa shape index (κ2) is 5.32. The van der Waals surface area contributed by atoms with Gasteiger partial charge in [0.25, 0.3) is 10.0 Å². The van der Waals surface area contributed by atoms with Gasteiger partial charge >= 0.3 is 0 Å². The predicted molar refractivity (Wildman–Crippen MR) is 87.1 cm³/mol. The van der Waals surface area contributed by atoms with Gasteiger partial charge in [0.15, 0.2) is 0 Å². The highest BCUT2D eigenvalue weighted by atomic mass is 32.2. The third-order valence-electron chi connectivity index (χ3n) is 4.11. The molecule has 0 spiro atoms. The number of sulfonamides is 1. The smallest absolute Gasteiger partial charge is 0.264 e. The largest absolute Gasteiger partial charge is 0.496 e. The van der Waals surface area contributed by atoms with Crippen molar-refractivity contribution in [1.29, 1.82) is 0 Å². The zero-order valence-corrected chi connectivity index (χ0v) is 13.8. The molecule has 0 radical (unpaired) electrons. The van der Waals surface area contributed by atoms with E-state index < -0.39 is 10.0 Å². The minimum atomic E-state index is -3.58. The van der Waals surface area contributed by atoms with Gasteiger partial charge in [0.05, 0.1) is 17.7 Å². The van der Waals surface area contributed by atoms with E-state index in [4.69, 9.17) is 4.74 Å². The first kappa shape index (κ1) is 14.9. The molecule has 0 fully saturated rings. The average Bonchev–Trinajstić information content (AvgIpc) is 2.91. The highest BCUT2D eigenvalue weighted by molar-refractivity contribution is 7.93. The third-order valence-corrected chi connectivity index (χ3v) is 6.06. The van der Waals surface area contributed by atoms with Crippen molar-refractivity contribution in [3.63, 3.8) is 0 Å². The summed E-state index contributed by atoms with van der Waals surface area (Å²) in [5, 5.41) is 0. The van der Waals surface area contributed by atoms with E-state index in [0.29, 0.717) is 17.2 Å². The van der Waals surface area contributed by atoms with Crippen molar-refractivity contribution in [1.82, 2.24) is 0 Å². The molecule has 0 saturated heterocycles. The number of methoxy groups -OCH3 is 1. The Kier molecular flexibility index (Phi) is 3.60. The van der Waals surface area contributed by atoms with Crippen LogP contribution in [0.5, 0.6) is 5.75 Å². The lowest BCUT2D eigenvalue weighted by Gasteiger charge is -2.21. The number of anilines is 1. The van der Waals surface area contributed by atoms with Crippen LogP contribution in [0, 0.1) is 13.8 Å². The van der Waals surface area contributed by atoms with Crippen LogP contribution in [0.3, 0.4) is 0 Å². The molecule has 0 unspecified atom stereocenters. The molecule has 22 heavy (non-hydrogen) atoms. The molecule has 1 aliphatic heterocycles. The Morgan fingerprint density at radius 1 is 1.09 bits per heavy atom. The molecule has 0 bridgehead atoms. The summed E-state index contributed by atoms with van der Waals surface area (Å²) >= 11 is 0. The molecule has 3 rings (SSSR count). The number of hydrogen-bond donors (Lipinski definition) is 0. The molecular formula is C17H19NO3S. The van der Waals surface area contributed by atoms with E-state index in [2.05, 4.69) is 0 Å². The number of aryl methyl sites for hydroxylation is 2. The molecule has 0 saturated carbocycles. The van der Waals surface area contributed by atoms with Gasteiger partial charge in [-0.1, -0.05) is 24.3 Å². The fourth-order valence-electron chi connectivity index (χ4n) is 2.99. The van der Waals surface area contributed by atoms with Crippen LogP contribution in [0.25, 0.3) is 0 Å². The van der Waals surface area contributed by atoms with Gasteiger partial charge in [0.2, 0.25) is 0 Å². The summed E-state index contributed by atoms with van der Waals surface area (Å²) in [7, 11) is -2.02. The van der Waals surface area contributed by atoms with Crippen LogP contribution in [0.1, 0.15) is 16.7 Å². The van der Waals surface area contributed by atoms with Crippen LogP contribution in [-0.4, -0.2) is 22.1 Å². The maximum Gasteiger partial charge on any atom is 0.264 e. The fourth-order valence-corrected chi connectivity index (χ4v) is 4.72. The van der Waals surface area contributed by atoms with Gasteiger partial charge in [-0.15, -0.1) is 0 Å². The van der Waals surface area contributed by atoms with Crippen molar-refractivity contribution in [2.45, 2.75) is 25.2 Å². The van der Waals surface area contributed by atoms with Crippen LogP contribution in [0.2, 0.25) is 0 Å². The molecule has 2 aromatic carbocycles. The van der Waals surface area contributed by atoms with Gasteiger partial charge in [-0.3, -0.25) is 4.31 Å². The van der Waals surface area contributed by atoms with E-state index in [1.54, 1.807) is 13.2 Å². The molecule has 1 aliphatic rings. The number of para-hydroxylation sites is 1. The summed E-state index contributed by atoms with van der Waals surface area (Å²) in [5.41, 5.74) is 3.52. The average molecular weight is 317 g/mol. The van der Waals surface area contributed by atoms with Gasteiger partial charge in [-0.05, 0) is 43.0 Å². The van der Waals surface area contributed by atoms with Crippen molar-refractivity contribution in [2.24, 2.45) is 0 Å². The Labute approximate surface area is 131 Å². The predicted octanol–water partition coefficient (Wildman–Crippen LogP) is 3.06. The second-order valence-electron chi connectivity index (χ2n) is 5.54. The number of nitrogens with zero attached hydrogens (tertiary/aromatic N) is 1. The maximum absolute atomic E-state index is 13.1. The summed E-state index contributed by atoms with van der Waals surface area (Å²) in [5.74, 6) is 0.594. The van der Waals surface area contributed by atoms with Crippen LogP contribution < -0.4 is 9.04 Å². The van der Waals surface area contributed by atoms with Crippen molar-refractivity contribution < 1.29 is 13.2 Å². The Balaban J connectivity index is 2.12. The molecule has 4 nitrogen and oxygen atoms in total. The molecule has 1 heterocycles. The van der Waals surface area contributed by atoms with E-state index in [0.717, 1.165) is 28.8 Å².